The number of ether oxygens (including phenoxy) is 1. The highest BCUT2D eigenvalue weighted by atomic mass is 32.2. The van der Waals surface area contributed by atoms with Gasteiger partial charge in [0.25, 0.3) is 10.0 Å². The minimum absolute atomic E-state index is 0.151. The Morgan fingerprint density at radius 3 is 2.61 bits per heavy atom. The molecule has 1 aliphatic heterocycles. The van der Waals surface area contributed by atoms with E-state index in [1.807, 2.05) is 0 Å². The molecule has 0 aliphatic carbocycles. The number of sulfonamides is 1. The summed E-state index contributed by atoms with van der Waals surface area (Å²) in [5, 5.41) is 0. The van der Waals surface area contributed by atoms with Crippen molar-refractivity contribution >= 4 is 21.6 Å². The van der Waals surface area contributed by atoms with Crippen molar-refractivity contribution in [1.29, 1.82) is 0 Å². The van der Waals surface area contributed by atoms with E-state index in [0.717, 1.165) is 12.8 Å². The van der Waals surface area contributed by atoms with Crippen LogP contribution in [0.2, 0.25) is 0 Å². The van der Waals surface area contributed by atoms with Gasteiger partial charge in [-0.05, 0) is 43.0 Å². The Morgan fingerprint density at radius 2 is 1.93 bits per heavy atom. The van der Waals surface area contributed by atoms with Crippen LogP contribution in [0.25, 0.3) is 0 Å². The van der Waals surface area contributed by atoms with Gasteiger partial charge in [-0.2, -0.15) is 0 Å². The Morgan fingerprint density at radius 1 is 1.18 bits per heavy atom. The molecule has 0 saturated carbocycles. The molecular weight excluding hydrogens is 376 g/mol. The van der Waals surface area contributed by atoms with Gasteiger partial charge in [0.05, 0.1) is 17.7 Å². The van der Waals surface area contributed by atoms with Gasteiger partial charge in [0.2, 0.25) is 5.91 Å². The van der Waals surface area contributed by atoms with Crippen molar-refractivity contribution in [3.05, 3.63) is 54.6 Å². The van der Waals surface area contributed by atoms with E-state index in [-0.39, 0.29) is 17.3 Å². The highest BCUT2D eigenvalue weighted by Gasteiger charge is 2.30. The van der Waals surface area contributed by atoms with Gasteiger partial charge >= 0.3 is 0 Å². The van der Waals surface area contributed by atoms with Crippen molar-refractivity contribution < 1.29 is 17.9 Å². The molecule has 1 amide bonds. The number of piperidine rings is 1. The molecule has 0 spiro atoms. The molecule has 2 aromatic carbocycles. The fourth-order valence-corrected chi connectivity index (χ4v) is 4.87. The first kappa shape index (κ1) is 20.2. The smallest absolute Gasteiger partial charge is 0.264 e. The molecule has 28 heavy (non-hydrogen) atoms. The number of carbonyl (C=O) groups excluding carboxylic acids is 1. The standard InChI is InChI=1S/C21H26N2O4S/c1-17-8-7-13-22(15-17)21(24)16-23(18-9-6-10-19(14-18)27-2)28(25,26)20-11-4-3-5-12-20/h3-6,9-12,14,17H,7-8,13,15-16H2,1-2H3. The third-order valence-electron chi connectivity index (χ3n) is 4.96. The summed E-state index contributed by atoms with van der Waals surface area (Å²) in [7, 11) is -2.37. The molecule has 1 unspecified atom stereocenters. The van der Waals surface area contributed by atoms with E-state index in [1.54, 1.807) is 47.4 Å². The second kappa shape index (κ2) is 8.65. The topological polar surface area (TPSA) is 66.9 Å². The third kappa shape index (κ3) is 4.47. The lowest BCUT2D eigenvalue weighted by Gasteiger charge is -2.33. The molecule has 1 saturated heterocycles. The minimum atomic E-state index is -3.90. The van der Waals surface area contributed by atoms with Gasteiger partial charge in [0.15, 0.2) is 0 Å². The number of anilines is 1. The number of nitrogens with zero attached hydrogens (tertiary/aromatic N) is 2. The third-order valence-corrected chi connectivity index (χ3v) is 6.75. The number of likely N-dealkylation sites (tertiary alicyclic amines) is 1. The van der Waals surface area contributed by atoms with Crippen LogP contribution in [0.1, 0.15) is 19.8 Å². The Bertz CT molecular complexity index is 915. The maximum Gasteiger partial charge on any atom is 0.264 e. The Hall–Kier alpha value is -2.54. The lowest BCUT2D eigenvalue weighted by Crippen LogP contribution is -2.46. The summed E-state index contributed by atoms with van der Waals surface area (Å²) in [5.41, 5.74) is 0.404. The summed E-state index contributed by atoms with van der Waals surface area (Å²) >= 11 is 0. The maximum atomic E-state index is 13.3. The molecular formula is C21H26N2O4S. The number of methoxy groups -OCH3 is 1. The normalized spacial score (nSPS) is 17.2. The molecule has 150 valence electrons. The fourth-order valence-electron chi connectivity index (χ4n) is 3.44. The van der Waals surface area contributed by atoms with Crippen molar-refractivity contribution in [2.45, 2.75) is 24.7 Å². The van der Waals surface area contributed by atoms with Crippen molar-refractivity contribution in [1.82, 2.24) is 4.90 Å². The maximum absolute atomic E-state index is 13.3. The molecule has 0 aromatic heterocycles. The van der Waals surface area contributed by atoms with Crippen LogP contribution >= 0.6 is 0 Å². The highest BCUT2D eigenvalue weighted by molar-refractivity contribution is 7.92. The Kier molecular flexibility index (Phi) is 6.24. The fraction of sp³-hybridized carbons (Fsp3) is 0.381. The SMILES string of the molecule is COc1cccc(N(CC(=O)N2CCCC(C)C2)S(=O)(=O)c2ccccc2)c1. The van der Waals surface area contributed by atoms with Crippen LogP contribution in [0.15, 0.2) is 59.5 Å². The zero-order valence-electron chi connectivity index (χ0n) is 16.2. The molecule has 1 aliphatic rings. The first-order valence-electron chi connectivity index (χ1n) is 9.41. The monoisotopic (exact) mass is 402 g/mol. The molecule has 7 heteroatoms. The predicted molar refractivity (Wildman–Crippen MR) is 109 cm³/mol. The lowest BCUT2D eigenvalue weighted by atomic mass is 10.0. The first-order chi connectivity index (χ1) is 13.4. The van der Waals surface area contributed by atoms with Crippen LogP contribution in [0.5, 0.6) is 5.75 Å². The second-order valence-corrected chi connectivity index (χ2v) is 8.98. The Labute approximate surface area is 166 Å². The predicted octanol–water partition coefficient (Wildman–Crippen LogP) is 3.15. The van der Waals surface area contributed by atoms with E-state index < -0.39 is 10.0 Å². The number of hydrogen-bond acceptors (Lipinski definition) is 4. The first-order valence-corrected chi connectivity index (χ1v) is 10.9. The van der Waals surface area contributed by atoms with Crippen LogP contribution in [-0.4, -0.2) is 46.0 Å². The number of carbonyl (C=O) groups is 1. The van der Waals surface area contributed by atoms with Crippen molar-refractivity contribution in [2.75, 3.05) is 31.0 Å². The molecule has 0 N–H and O–H groups in total. The summed E-state index contributed by atoms with van der Waals surface area (Å²) in [5.74, 6) is 0.771. The van der Waals surface area contributed by atoms with Crippen molar-refractivity contribution in [3.63, 3.8) is 0 Å². The molecule has 0 bridgehead atoms. The van der Waals surface area contributed by atoms with Gasteiger partial charge in [-0.25, -0.2) is 8.42 Å². The summed E-state index contributed by atoms with van der Waals surface area (Å²) in [6, 6.07) is 14.9. The summed E-state index contributed by atoms with van der Waals surface area (Å²) in [6.07, 6.45) is 2.03. The molecule has 1 heterocycles. The van der Waals surface area contributed by atoms with Crippen molar-refractivity contribution in [3.8, 4) is 5.75 Å². The van der Waals surface area contributed by atoms with Crippen LogP contribution in [0, 0.1) is 5.92 Å². The van der Waals surface area contributed by atoms with Crippen LogP contribution in [0.4, 0.5) is 5.69 Å². The minimum Gasteiger partial charge on any atom is -0.497 e. The lowest BCUT2D eigenvalue weighted by molar-refractivity contribution is -0.131. The average molecular weight is 403 g/mol. The van der Waals surface area contributed by atoms with Crippen LogP contribution in [-0.2, 0) is 14.8 Å². The van der Waals surface area contributed by atoms with E-state index in [0.29, 0.717) is 30.4 Å². The summed E-state index contributed by atoms with van der Waals surface area (Å²) < 4.78 is 33.1. The van der Waals surface area contributed by atoms with Gasteiger partial charge < -0.3 is 9.64 Å². The van der Waals surface area contributed by atoms with Gasteiger partial charge in [0.1, 0.15) is 12.3 Å². The van der Waals surface area contributed by atoms with Gasteiger partial charge in [0, 0.05) is 19.2 Å². The van der Waals surface area contributed by atoms with Gasteiger partial charge in [-0.15, -0.1) is 0 Å². The van der Waals surface area contributed by atoms with Crippen LogP contribution in [0.3, 0.4) is 0 Å². The molecule has 3 rings (SSSR count). The number of rotatable bonds is 6. The molecule has 2 aromatic rings. The zero-order valence-corrected chi connectivity index (χ0v) is 17.1. The van der Waals surface area contributed by atoms with E-state index in [1.165, 1.54) is 23.5 Å². The summed E-state index contributed by atoms with van der Waals surface area (Å²) in [4.78, 5) is 14.9. The summed E-state index contributed by atoms with van der Waals surface area (Å²) in [6.45, 7) is 3.20. The Balaban J connectivity index is 1.96. The average Bonchev–Trinajstić information content (AvgIpc) is 2.72. The van der Waals surface area contributed by atoms with E-state index in [2.05, 4.69) is 6.92 Å². The number of hydrogen-bond donors (Lipinski definition) is 0. The molecule has 0 radical (unpaired) electrons. The number of amides is 1. The van der Waals surface area contributed by atoms with E-state index in [9.17, 15) is 13.2 Å². The molecule has 1 fully saturated rings. The van der Waals surface area contributed by atoms with Crippen molar-refractivity contribution in [2.24, 2.45) is 5.92 Å². The molecule has 1 atom stereocenters. The number of benzene rings is 2. The largest absolute Gasteiger partial charge is 0.497 e. The van der Waals surface area contributed by atoms with Gasteiger partial charge in [-0.1, -0.05) is 31.2 Å². The molecule has 6 nitrogen and oxygen atoms in total. The van der Waals surface area contributed by atoms with Gasteiger partial charge in [-0.3, -0.25) is 9.10 Å². The zero-order chi connectivity index (χ0) is 20.1. The quantitative estimate of drug-likeness (QED) is 0.744. The highest BCUT2D eigenvalue weighted by Crippen LogP contribution is 2.27. The van der Waals surface area contributed by atoms with E-state index >= 15 is 0 Å². The second-order valence-electron chi connectivity index (χ2n) is 7.11. The van der Waals surface area contributed by atoms with E-state index in [4.69, 9.17) is 4.74 Å². The van der Waals surface area contributed by atoms with Crippen LogP contribution < -0.4 is 9.04 Å².